The Bertz CT molecular complexity index is 1230. The highest BCUT2D eigenvalue weighted by molar-refractivity contribution is 5.98. The van der Waals surface area contributed by atoms with Crippen molar-refractivity contribution < 1.29 is 19.1 Å². The average molecular weight is 608 g/mol. The third-order valence-electron chi connectivity index (χ3n) is 6.18. The Balaban J connectivity index is 0.00000420. The van der Waals surface area contributed by atoms with E-state index >= 15 is 0 Å². The van der Waals surface area contributed by atoms with Gasteiger partial charge in [-0.25, -0.2) is 4.98 Å². The summed E-state index contributed by atoms with van der Waals surface area (Å²) >= 11 is 0. The maximum Gasteiger partial charge on any atom is 0.250 e. The molecule has 0 aliphatic rings. The number of aromatic nitrogens is 2. The summed E-state index contributed by atoms with van der Waals surface area (Å²) in [6.07, 6.45) is 3.12. The zero-order chi connectivity index (χ0) is 28.4. The van der Waals surface area contributed by atoms with Crippen molar-refractivity contribution in [3.63, 3.8) is 0 Å². The van der Waals surface area contributed by atoms with Gasteiger partial charge in [-0.05, 0) is 38.8 Å². The normalized spacial score (nSPS) is 12.2. The fourth-order valence-electron chi connectivity index (χ4n) is 3.94. The predicted molar refractivity (Wildman–Crippen MR) is 164 cm³/mol. The number of nitrogens with two attached hydrogens (primary N) is 1. The van der Waals surface area contributed by atoms with Crippen molar-refractivity contribution in [3.05, 3.63) is 84.3 Å². The molecule has 0 aliphatic carbocycles. The lowest BCUT2D eigenvalue weighted by molar-refractivity contribution is -0.133. The summed E-state index contributed by atoms with van der Waals surface area (Å²) in [5, 5.41) is 5.41. The minimum Gasteiger partial charge on any atom is -0.374 e. The van der Waals surface area contributed by atoms with Crippen LogP contribution in [0, 0.1) is 0 Å². The molecule has 2 aromatic carbocycles. The zero-order valence-electron chi connectivity index (χ0n) is 23.8. The van der Waals surface area contributed by atoms with Crippen LogP contribution < -0.4 is 16.4 Å². The van der Waals surface area contributed by atoms with Gasteiger partial charge in [-0.3, -0.25) is 14.4 Å². The third-order valence-corrected chi connectivity index (χ3v) is 6.18. The Morgan fingerprint density at radius 1 is 1.00 bits per heavy atom. The molecule has 0 saturated carbocycles. The summed E-state index contributed by atoms with van der Waals surface area (Å²) in [5.41, 5.74) is 6.48. The fourth-order valence-corrected chi connectivity index (χ4v) is 3.94. The van der Waals surface area contributed by atoms with Crippen LogP contribution in [0.2, 0.25) is 0 Å². The molecule has 10 nitrogen and oxygen atoms in total. The van der Waals surface area contributed by atoms with Gasteiger partial charge in [0, 0.05) is 19.3 Å². The number of carbonyl (C=O) groups is 3. The molecule has 1 unspecified atom stereocenters. The highest BCUT2D eigenvalue weighted by atomic mass is 35.5. The lowest BCUT2D eigenvalue weighted by atomic mass is 10.1. The molecular formula is C29H40Cl2N6O4. The van der Waals surface area contributed by atoms with E-state index in [1.165, 1.54) is 6.33 Å². The number of nitrogens with one attached hydrogen (secondary N) is 2. The first-order valence-electron chi connectivity index (χ1n) is 13.0. The molecule has 41 heavy (non-hydrogen) atoms. The highest BCUT2D eigenvalue weighted by Crippen LogP contribution is 2.22. The molecule has 0 radical (unpaired) electrons. The largest absolute Gasteiger partial charge is 0.374 e. The Morgan fingerprint density at radius 2 is 1.59 bits per heavy atom. The van der Waals surface area contributed by atoms with Gasteiger partial charge in [0.15, 0.2) is 5.82 Å². The van der Waals surface area contributed by atoms with Crippen molar-refractivity contribution in [2.24, 2.45) is 5.73 Å². The Morgan fingerprint density at radius 3 is 2.15 bits per heavy atom. The van der Waals surface area contributed by atoms with Crippen molar-refractivity contribution in [3.8, 4) is 0 Å². The second-order valence-corrected chi connectivity index (χ2v) is 9.77. The summed E-state index contributed by atoms with van der Waals surface area (Å²) < 4.78 is 7.42. The van der Waals surface area contributed by atoms with E-state index in [2.05, 4.69) is 15.6 Å². The van der Waals surface area contributed by atoms with Crippen LogP contribution >= 0.6 is 24.8 Å². The molecule has 12 heteroatoms. The second kappa shape index (κ2) is 16.7. The first-order valence-corrected chi connectivity index (χ1v) is 13.0. The fraction of sp³-hybridized carbons (Fsp3) is 0.379. The molecule has 0 saturated heterocycles. The van der Waals surface area contributed by atoms with Gasteiger partial charge in [0.25, 0.3) is 5.91 Å². The minimum atomic E-state index is -1.19. The summed E-state index contributed by atoms with van der Waals surface area (Å²) in [4.78, 5) is 45.3. The molecule has 0 fully saturated rings. The van der Waals surface area contributed by atoms with Gasteiger partial charge in [-0.1, -0.05) is 60.7 Å². The van der Waals surface area contributed by atoms with Gasteiger partial charge in [-0.15, -0.1) is 24.8 Å². The van der Waals surface area contributed by atoms with E-state index in [0.717, 1.165) is 11.1 Å². The summed E-state index contributed by atoms with van der Waals surface area (Å²) in [5.74, 6) is -0.851. The van der Waals surface area contributed by atoms with Crippen molar-refractivity contribution in [1.29, 1.82) is 0 Å². The topological polar surface area (TPSA) is 132 Å². The van der Waals surface area contributed by atoms with Crippen LogP contribution in [0.15, 0.2) is 73.2 Å². The first kappa shape index (κ1) is 35.6. The van der Waals surface area contributed by atoms with Crippen molar-refractivity contribution in [2.75, 3.05) is 25.0 Å². The molecule has 0 aliphatic heterocycles. The zero-order valence-corrected chi connectivity index (χ0v) is 25.4. The average Bonchev–Trinajstić information content (AvgIpc) is 3.37. The Hall–Kier alpha value is -3.44. The van der Waals surface area contributed by atoms with Crippen molar-refractivity contribution in [1.82, 2.24) is 19.8 Å². The number of benzene rings is 2. The van der Waals surface area contributed by atoms with Crippen molar-refractivity contribution >= 4 is 48.4 Å². The van der Waals surface area contributed by atoms with E-state index in [9.17, 15) is 14.4 Å². The lowest BCUT2D eigenvalue weighted by Crippen LogP contribution is -2.56. The van der Waals surface area contributed by atoms with E-state index < -0.39 is 29.4 Å². The van der Waals surface area contributed by atoms with Gasteiger partial charge in [0.2, 0.25) is 11.8 Å². The monoisotopic (exact) mass is 606 g/mol. The molecule has 4 N–H and O–H groups in total. The minimum absolute atomic E-state index is 0. The van der Waals surface area contributed by atoms with Crippen LogP contribution in [-0.4, -0.2) is 63.4 Å². The van der Waals surface area contributed by atoms with Gasteiger partial charge in [-0.2, -0.15) is 0 Å². The number of likely N-dealkylation sites (N-methyl/N-ethyl adjacent to an activating group) is 1. The molecule has 0 spiro atoms. The molecule has 1 aromatic heterocycles. The van der Waals surface area contributed by atoms with E-state index in [1.807, 2.05) is 74.5 Å². The number of hydrogen-bond acceptors (Lipinski definition) is 6. The maximum absolute atomic E-state index is 13.4. The lowest BCUT2D eigenvalue weighted by Gasteiger charge is -2.26. The van der Waals surface area contributed by atoms with Gasteiger partial charge in [0.05, 0.1) is 25.1 Å². The predicted octanol–water partition coefficient (Wildman–Crippen LogP) is 3.56. The highest BCUT2D eigenvalue weighted by Gasteiger charge is 2.30. The van der Waals surface area contributed by atoms with Crippen LogP contribution in [0.5, 0.6) is 0 Å². The van der Waals surface area contributed by atoms with E-state index in [4.69, 9.17) is 10.5 Å². The van der Waals surface area contributed by atoms with Gasteiger partial charge < -0.3 is 30.6 Å². The number of imidazole rings is 1. The Kier molecular flexibility index (Phi) is 14.5. The molecule has 3 amide bonds. The molecule has 3 aromatic rings. The third kappa shape index (κ3) is 10.2. The maximum atomic E-state index is 13.4. The molecule has 1 heterocycles. The number of amides is 3. The first-order chi connectivity index (χ1) is 18.6. The standard InChI is InChI=1S/C29H38N6O4.2ClH/c1-5-34(6-2)27(37)25(22-15-11-8-12-16-22)35-17-24(31-20-35)33-26(36)23(32-28(38)29(3,4)30)19-39-18-21-13-9-7-10-14-21;;/h7-17,20,23,25H,5-6,18-19,30H2,1-4H3,(H,32,38)(H,33,36);2*1H/t23-,25?;;/m1../s1. The quantitative estimate of drug-likeness (QED) is 0.272. The molecule has 224 valence electrons. The van der Waals surface area contributed by atoms with Gasteiger partial charge in [0.1, 0.15) is 12.1 Å². The van der Waals surface area contributed by atoms with Crippen molar-refractivity contribution in [2.45, 2.75) is 51.9 Å². The number of rotatable bonds is 13. The van der Waals surface area contributed by atoms with Crippen LogP contribution in [-0.2, 0) is 25.7 Å². The number of halogens is 2. The molecular weight excluding hydrogens is 567 g/mol. The molecule has 3 rings (SSSR count). The van der Waals surface area contributed by atoms with E-state index in [1.54, 1.807) is 29.5 Å². The van der Waals surface area contributed by atoms with E-state index in [-0.39, 0.29) is 49.8 Å². The van der Waals surface area contributed by atoms with Crippen LogP contribution in [0.25, 0.3) is 0 Å². The van der Waals surface area contributed by atoms with Crippen LogP contribution in [0.1, 0.15) is 44.9 Å². The Labute approximate surface area is 253 Å². The van der Waals surface area contributed by atoms with Crippen LogP contribution in [0.4, 0.5) is 5.82 Å². The summed E-state index contributed by atoms with van der Waals surface area (Å²) in [7, 11) is 0. The summed E-state index contributed by atoms with van der Waals surface area (Å²) in [6, 6.07) is 17.2. The summed E-state index contributed by atoms with van der Waals surface area (Å²) in [6.45, 7) is 8.31. The van der Waals surface area contributed by atoms with E-state index in [0.29, 0.717) is 13.1 Å². The number of carbonyl (C=O) groups excluding carboxylic acids is 3. The number of nitrogens with zero attached hydrogens (tertiary/aromatic N) is 3. The van der Waals surface area contributed by atoms with Crippen LogP contribution in [0.3, 0.4) is 0 Å². The van der Waals surface area contributed by atoms with Gasteiger partial charge >= 0.3 is 0 Å². The SMILES string of the molecule is CCN(CC)C(=O)C(c1ccccc1)n1cnc(NC(=O)[C@@H](COCc2ccccc2)NC(=O)C(C)(C)N)c1.Cl.Cl. The number of anilines is 1. The second-order valence-electron chi connectivity index (χ2n) is 9.77. The molecule has 2 atom stereocenters. The number of hydrogen-bond donors (Lipinski definition) is 3. The smallest absolute Gasteiger partial charge is 0.250 e. The number of ether oxygens (including phenoxy) is 1. The molecule has 0 bridgehead atoms.